The molecule has 1 atom stereocenters. The fourth-order valence-electron chi connectivity index (χ4n) is 4.65. The predicted molar refractivity (Wildman–Crippen MR) is 129 cm³/mol. The number of pyridine rings is 1. The molecular weight excluding hydrogens is 396 g/mol. The molecule has 0 saturated carbocycles. The van der Waals surface area contributed by atoms with Crippen LogP contribution in [0.1, 0.15) is 71.0 Å². The van der Waals surface area contributed by atoms with E-state index in [0.29, 0.717) is 6.04 Å². The summed E-state index contributed by atoms with van der Waals surface area (Å²) in [5.41, 5.74) is 9.76. The van der Waals surface area contributed by atoms with Crippen LogP contribution in [-0.2, 0) is 17.7 Å². The van der Waals surface area contributed by atoms with E-state index in [9.17, 15) is 0 Å². The monoisotopic (exact) mass is 432 g/mol. The van der Waals surface area contributed by atoms with Gasteiger partial charge in [0.05, 0.1) is 18.0 Å². The average molecular weight is 433 g/mol. The Labute approximate surface area is 192 Å². The summed E-state index contributed by atoms with van der Waals surface area (Å²) in [6.07, 6.45) is 0.918. The van der Waals surface area contributed by atoms with E-state index < -0.39 is 0 Å². The Bertz CT molecular complexity index is 1070. The first-order valence-corrected chi connectivity index (χ1v) is 11.7. The van der Waals surface area contributed by atoms with Crippen molar-refractivity contribution in [2.75, 3.05) is 19.7 Å². The molecule has 1 aliphatic rings. The van der Waals surface area contributed by atoms with Crippen molar-refractivity contribution in [1.29, 1.82) is 0 Å². The minimum Gasteiger partial charge on any atom is -0.369 e. The van der Waals surface area contributed by atoms with Crippen LogP contribution in [0.15, 0.2) is 36.4 Å². The van der Waals surface area contributed by atoms with Gasteiger partial charge in [0.25, 0.3) is 0 Å². The number of benzene rings is 1. The highest BCUT2D eigenvalue weighted by atomic mass is 16.5. The van der Waals surface area contributed by atoms with E-state index in [0.717, 1.165) is 49.7 Å². The zero-order chi connectivity index (χ0) is 22.8. The van der Waals surface area contributed by atoms with Gasteiger partial charge in [-0.15, -0.1) is 0 Å². The van der Waals surface area contributed by atoms with Gasteiger partial charge in [-0.25, -0.2) is 0 Å². The number of morpholine rings is 1. The van der Waals surface area contributed by atoms with Crippen molar-refractivity contribution in [2.24, 2.45) is 0 Å². The average Bonchev–Trinajstić information content (AvgIpc) is 3.04. The van der Waals surface area contributed by atoms with Gasteiger partial charge in [0.1, 0.15) is 6.10 Å². The summed E-state index contributed by atoms with van der Waals surface area (Å²) < 4.78 is 8.33. The molecule has 0 amide bonds. The van der Waals surface area contributed by atoms with Gasteiger partial charge in [0.2, 0.25) is 0 Å². The Hall–Kier alpha value is -2.50. The van der Waals surface area contributed by atoms with Crippen LogP contribution in [0.4, 0.5) is 0 Å². The van der Waals surface area contributed by atoms with Crippen molar-refractivity contribution in [2.45, 2.75) is 66.7 Å². The van der Waals surface area contributed by atoms with Crippen LogP contribution < -0.4 is 0 Å². The second-order valence-electron chi connectivity index (χ2n) is 9.49. The summed E-state index contributed by atoms with van der Waals surface area (Å²) in [7, 11) is 0. The number of hydrogen-bond acceptors (Lipinski definition) is 4. The molecule has 0 radical (unpaired) electrons. The number of aromatic nitrogens is 3. The molecule has 32 heavy (non-hydrogen) atoms. The van der Waals surface area contributed by atoms with Gasteiger partial charge in [-0.2, -0.15) is 5.10 Å². The first kappa shape index (κ1) is 22.7. The highest BCUT2D eigenvalue weighted by Crippen LogP contribution is 2.26. The highest BCUT2D eigenvalue weighted by molar-refractivity contribution is 5.31. The Morgan fingerprint density at radius 1 is 1.03 bits per heavy atom. The van der Waals surface area contributed by atoms with Crippen molar-refractivity contribution in [3.8, 4) is 0 Å². The number of hydrogen-bond donors (Lipinski definition) is 0. The fourth-order valence-corrected chi connectivity index (χ4v) is 4.65. The van der Waals surface area contributed by atoms with Crippen molar-refractivity contribution >= 4 is 0 Å². The second kappa shape index (κ2) is 9.55. The Morgan fingerprint density at radius 2 is 1.78 bits per heavy atom. The molecule has 1 fully saturated rings. The van der Waals surface area contributed by atoms with E-state index in [-0.39, 0.29) is 6.10 Å². The van der Waals surface area contributed by atoms with Gasteiger partial charge in [0.15, 0.2) is 0 Å². The highest BCUT2D eigenvalue weighted by Gasteiger charge is 2.25. The van der Waals surface area contributed by atoms with Crippen LogP contribution >= 0.6 is 0 Å². The van der Waals surface area contributed by atoms with Crippen LogP contribution in [0.2, 0.25) is 0 Å². The maximum atomic E-state index is 6.19. The summed E-state index contributed by atoms with van der Waals surface area (Å²) in [6, 6.07) is 13.6. The largest absolute Gasteiger partial charge is 0.369 e. The molecule has 0 spiro atoms. The number of nitrogens with zero attached hydrogens (tertiary/aromatic N) is 4. The molecule has 3 aromatic rings. The Morgan fingerprint density at radius 3 is 2.47 bits per heavy atom. The predicted octanol–water partition coefficient (Wildman–Crippen LogP) is 5.26. The molecule has 2 aromatic heterocycles. The first-order valence-electron chi connectivity index (χ1n) is 11.7. The van der Waals surface area contributed by atoms with Crippen molar-refractivity contribution in [1.82, 2.24) is 19.7 Å². The lowest BCUT2D eigenvalue weighted by Crippen LogP contribution is -2.38. The topological polar surface area (TPSA) is 43.2 Å². The van der Waals surface area contributed by atoms with Gasteiger partial charge < -0.3 is 4.74 Å². The standard InChI is InChI=1S/C27H36N4O/c1-18(2)31-22(6)25(21(5)29-31)16-30-11-12-32-27(17-30)26-15-24(13-20(4)28-26)14-23-9-7-19(3)8-10-23/h7-10,13,15,18,27H,11-12,14,16-17H2,1-6H3. The SMILES string of the molecule is Cc1ccc(Cc2cc(C)nc(C3CN(Cc4c(C)nn(C(C)C)c4C)CCO3)c2)cc1. The fraction of sp³-hybridized carbons (Fsp3) is 0.481. The summed E-state index contributed by atoms with van der Waals surface area (Å²) >= 11 is 0. The quantitative estimate of drug-likeness (QED) is 0.533. The number of rotatable bonds is 6. The third-order valence-electron chi connectivity index (χ3n) is 6.39. The molecule has 5 heteroatoms. The molecule has 1 saturated heterocycles. The normalized spacial score (nSPS) is 17.3. The van der Waals surface area contributed by atoms with Gasteiger partial charge in [0, 0.05) is 42.6 Å². The van der Waals surface area contributed by atoms with Crippen molar-refractivity contribution < 1.29 is 4.74 Å². The second-order valence-corrected chi connectivity index (χ2v) is 9.49. The molecule has 1 unspecified atom stereocenters. The molecule has 170 valence electrons. The summed E-state index contributed by atoms with van der Waals surface area (Å²) in [5, 5.41) is 4.77. The maximum Gasteiger partial charge on any atom is 0.112 e. The maximum absolute atomic E-state index is 6.19. The van der Waals surface area contributed by atoms with Gasteiger partial charge in [-0.1, -0.05) is 29.8 Å². The van der Waals surface area contributed by atoms with E-state index in [1.807, 2.05) is 0 Å². The lowest BCUT2D eigenvalue weighted by molar-refractivity contribution is -0.0352. The molecular formula is C27H36N4O. The molecule has 1 aromatic carbocycles. The van der Waals surface area contributed by atoms with E-state index in [4.69, 9.17) is 14.8 Å². The molecule has 4 rings (SSSR count). The smallest absolute Gasteiger partial charge is 0.112 e. The van der Waals surface area contributed by atoms with Crippen molar-refractivity contribution in [3.05, 3.63) is 81.4 Å². The van der Waals surface area contributed by atoms with E-state index in [2.05, 4.69) is 87.5 Å². The molecule has 5 nitrogen and oxygen atoms in total. The van der Waals surface area contributed by atoms with Crippen LogP contribution in [0.25, 0.3) is 0 Å². The third-order valence-corrected chi connectivity index (χ3v) is 6.39. The summed E-state index contributed by atoms with van der Waals surface area (Å²) in [4.78, 5) is 7.33. The van der Waals surface area contributed by atoms with E-state index >= 15 is 0 Å². The lowest BCUT2D eigenvalue weighted by Gasteiger charge is -2.33. The molecule has 3 heterocycles. The van der Waals surface area contributed by atoms with Crippen molar-refractivity contribution in [3.63, 3.8) is 0 Å². The van der Waals surface area contributed by atoms with Crippen LogP contribution in [0.5, 0.6) is 0 Å². The minimum absolute atomic E-state index is 0.00109. The zero-order valence-corrected chi connectivity index (χ0v) is 20.4. The zero-order valence-electron chi connectivity index (χ0n) is 20.4. The molecule has 0 aliphatic carbocycles. The number of ether oxygens (including phenoxy) is 1. The van der Waals surface area contributed by atoms with Crippen LogP contribution in [-0.4, -0.2) is 39.4 Å². The first-order chi connectivity index (χ1) is 15.3. The third kappa shape index (κ3) is 5.11. The Balaban J connectivity index is 1.50. The number of aryl methyl sites for hydroxylation is 3. The van der Waals surface area contributed by atoms with Gasteiger partial charge >= 0.3 is 0 Å². The lowest BCUT2D eigenvalue weighted by atomic mass is 10.0. The minimum atomic E-state index is 0.00109. The van der Waals surface area contributed by atoms with Gasteiger partial charge in [-0.3, -0.25) is 14.6 Å². The molecule has 0 N–H and O–H groups in total. The summed E-state index contributed by atoms with van der Waals surface area (Å²) in [6.45, 7) is 16.3. The van der Waals surface area contributed by atoms with Crippen LogP contribution in [0.3, 0.4) is 0 Å². The van der Waals surface area contributed by atoms with E-state index in [1.54, 1.807) is 0 Å². The molecule has 1 aliphatic heterocycles. The summed E-state index contributed by atoms with van der Waals surface area (Å²) in [5.74, 6) is 0. The Kier molecular flexibility index (Phi) is 6.77. The van der Waals surface area contributed by atoms with E-state index in [1.165, 1.54) is 27.9 Å². The van der Waals surface area contributed by atoms with Gasteiger partial charge in [-0.05, 0) is 71.2 Å². The van der Waals surface area contributed by atoms with Crippen LogP contribution in [0, 0.1) is 27.7 Å². The molecule has 0 bridgehead atoms.